The van der Waals surface area contributed by atoms with E-state index in [1.54, 1.807) is 0 Å². The highest BCUT2D eigenvalue weighted by atomic mass is 14.9. The molecule has 43 heavy (non-hydrogen) atoms. The normalized spacial score (nSPS) is 11.1. The minimum absolute atomic E-state index is 0.0103. The molecule has 0 fully saturated rings. The van der Waals surface area contributed by atoms with Gasteiger partial charge in [0.25, 0.3) is 0 Å². The van der Waals surface area contributed by atoms with E-state index in [0.717, 1.165) is 0 Å². The molecule has 156 valence electrons. The molecule has 4 rings (SSSR count). The van der Waals surface area contributed by atoms with E-state index in [4.69, 9.17) is 141 Å². The average Bonchev–Trinajstić information content (AvgIpc) is 2.98. The first-order valence-corrected chi connectivity index (χ1v) is 12.2. The van der Waals surface area contributed by atoms with Crippen molar-refractivity contribution < 1.29 is 0 Å². The predicted molar refractivity (Wildman–Crippen MR) is 204 cm³/mol. The lowest BCUT2D eigenvalue weighted by Gasteiger charge is -2.31. The van der Waals surface area contributed by atoms with Crippen LogP contribution in [0.15, 0.2) is 0 Å². The standard InChI is InChI=1S/C24HB18N/c25-5-1(6(26)13(33)17(37)12(5)32)2-9(29)20(40)24(21(41)10(2)30)43-23-4(11(31)16(36)19(39)22(23)42)3-7(27)14(34)18(38)15(35)8(3)28/h43H. The third-order valence-corrected chi connectivity index (χ3v) is 7.47. The van der Waals surface area contributed by atoms with Crippen molar-refractivity contribution in [1.29, 1.82) is 0 Å². The van der Waals surface area contributed by atoms with Crippen molar-refractivity contribution in [2.24, 2.45) is 0 Å². The van der Waals surface area contributed by atoms with Crippen molar-refractivity contribution in [3.8, 4) is 22.3 Å². The summed E-state index contributed by atoms with van der Waals surface area (Å²) in [7, 11) is 112. The second kappa shape index (κ2) is 12.0. The van der Waals surface area contributed by atoms with Crippen LogP contribution in [0, 0.1) is 0 Å². The molecule has 19 heteroatoms. The van der Waals surface area contributed by atoms with Crippen LogP contribution in [0.4, 0.5) is 11.4 Å². The van der Waals surface area contributed by atoms with Gasteiger partial charge >= 0.3 is 0 Å². The summed E-state index contributed by atoms with van der Waals surface area (Å²) >= 11 is 0. The minimum atomic E-state index is -0.119. The molecule has 0 aromatic heterocycles. The van der Waals surface area contributed by atoms with Crippen LogP contribution < -0.4 is 104 Å². The summed E-state index contributed by atoms with van der Waals surface area (Å²) in [6.07, 6.45) is 0. The lowest BCUT2D eigenvalue weighted by atomic mass is 9.56. The minimum Gasteiger partial charge on any atom is -0.357 e. The Morgan fingerprint density at radius 2 is 0.372 bits per heavy atom. The smallest absolute Gasteiger partial charge is 0.115 e. The van der Waals surface area contributed by atoms with Gasteiger partial charge in [-0.2, -0.15) is 0 Å². The first-order valence-electron chi connectivity index (χ1n) is 12.2. The molecule has 0 aliphatic heterocycles. The number of anilines is 2. The van der Waals surface area contributed by atoms with Crippen LogP contribution in [-0.2, 0) is 0 Å². The largest absolute Gasteiger partial charge is 0.357 e. The molecule has 36 radical (unpaired) electrons. The molecular formula is C24HB18N. The van der Waals surface area contributed by atoms with Crippen LogP contribution >= 0.6 is 0 Å². The third-order valence-electron chi connectivity index (χ3n) is 7.47. The molecule has 0 aliphatic carbocycles. The molecular weight excluding hydrogens is 497 g/mol. The Morgan fingerprint density at radius 1 is 0.186 bits per heavy atom. The Labute approximate surface area is 277 Å². The molecule has 0 bridgehead atoms. The van der Waals surface area contributed by atoms with Gasteiger partial charge in [-0.15, -0.1) is 43.7 Å². The van der Waals surface area contributed by atoms with Crippen LogP contribution in [0.2, 0.25) is 0 Å². The van der Waals surface area contributed by atoms with Crippen molar-refractivity contribution in [1.82, 2.24) is 0 Å². The Balaban J connectivity index is 2.09. The Bertz CT molecular complexity index is 1800. The maximum absolute atomic E-state index is 6.49. The van der Waals surface area contributed by atoms with Crippen LogP contribution in [0.25, 0.3) is 22.3 Å². The second-order valence-electron chi connectivity index (χ2n) is 9.82. The predicted octanol–water partition coefficient (Wildman–Crippen LogP) is -14.9. The molecule has 0 spiro atoms. The van der Waals surface area contributed by atoms with Crippen LogP contribution in [-0.4, -0.2) is 141 Å². The quantitative estimate of drug-likeness (QED) is 0.276. The number of rotatable bonds is 4. The van der Waals surface area contributed by atoms with Gasteiger partial charge in [0.15, 0.2) is 0 Å². The first-order chi connectivity index (χ1) is 19.9. The van der Waals surface area contributed by atoms with E-state index in [1.807, 2.05) is 0 Å². The monoisotopic (exact) mass is 501 g/mol. The van der Waals surface area contributed by atoms with Gasteiger partial charge in [-0.25, -0.2) is 0 Å². The second-order valence-corrected chi connectivity index (χ2v) is 9.82. The number of nitrogens with one attached hydrogen (secondary N) is 1. The zero-order chi connectivity index (χ0) is 32.6. The van der Waals surface area contributed by atoms with Gasteiger partial charge in [-0.1, -0.05) is 54.6 Å². The molecule has 0 saturated heterocycles. The molecule has 1 N–H and O–H groups in total. The van der Waals surface area contributed by atoms with Crippen LogP contribution in [0.1, 0.15) is 0 Å². The fourth-order valence-corrected chi connectivity index (χ4v) is 4.81. The number of hydrogen-bond donors (Lipinski definition) is 1. The molecule has 4 aromatic carbocycles. The van der Waals surface area contributed by atoms with E-state index in [9.17, 15) is 0 Å². The topological polar surface area (TPSA) is 12.0 Å². The highest BCUT2D eigenvalue weighted by Crippen LogP contribution is 2.23. The fourth-order valence-electron chi connectivity index (χ4n) is 4.81. The van der Waals surface area contributed by atoms with Gasteiger partial charge in [-0.3, -0.25) is 0 Å². The van der Waals surface area contributed by atoms with Crippen molar-refractivity contribution in [2.45, 2.75) is 0 Å². The lowest BCUT2D eigenvalue weighted by Crippen LogP contribution is -2.57. The van der Waals surface area contributed by atoms with Gasteiger partial charge in [0, 0.05) is 11.4 Å². The third kappa shape index (κ3) is 5.10. The van der Waals surface area contributed by atoms with E-state index >= 15 is 0 Å². The summed E-state index contributed by atoms with van der Waals surface area (Å²) < 4.78 is 0. The van der Waals surface area contributed by atoms with Crippen LogP contribution in [0.5, 0.6) is 0 Å². The van der Waals surface area contributed by atoms with Gasteiger partial charge in [0.05, 0.1) is 0 Å². The zero-order valence-corrected chi connectivity index (χ0v) is 22.9. The van der Waals surface area contributed by atoms with Gasteiger partial charge < -0.3 is 5.32 Å². The Hall–Kier alpha value is -2.15. The molecule has 0 saturated carbocycles. The number of hydrogen-bond acceptors (Lipinski definition) is 1. The summed E-state index contributed by atoms with van der Waals surface area (Å²) in [5.41, 5.74) is -0.998. The Kier molecular flexibility index (Phi) is 9.40. The molecule has 0 atom stereocenters. The van der Waals surface area contributed by atoms with Gasteiger partial charge in [0.2, 0.25) is 0 Å². The fraction of sp³-hybridized carbons (Fsp3) is 0. The molecule has 0 heterocycles. The summed E-state index contributed by atoms with van der Waals surface area (Å²) in [5.74, 6) is 0. The Morgan fingerprint density at radius 3 is 0.698 bits per heavy atom. The molecule has 0 unspecified atom stereocenters. The lowest BCUT2D eigenvalue weighted by molar-refractivity contribution is 1.66. The van der Waals surface area contributed by atoms with E-state index < -0.39 is 0 Å². The maximum atomic E-state index is 6.49. The maximum Gasteiger partial charge on any atom is 0.115 e. The van der Waals surface area contributed by atoms with Crippen molar-refractivity contribution in [3.05, 3.63) is 0 Å². The summed E-state index contributed by atoms with van der Waals surface area (Å²) in [4.78, 5) is 0. The zero-order valence-electron chi connectivity index (χ0n) is 22.9. The SMILES string of the molecule is [B]c1c([B])c([B])c(-c2c([B])c([B])c(Nc3c([B])c([B])c([B])c([B])c3-c3c([B])c([B])c([B])c([B])c3[B])c([B])c2[B])c([B])c1[B]. The van der Waals surface area contributed by atoms with Crippen molar-refractivity contribution in [2.75, 3.05) is 5.32 Å². The highest BCUT2D eigenvalue weighted by Gasteiger charge is 2.23. The average molecular weight is 498 g/mol. The van der Waals surface area contributed by atoms with Crippen molar-refractivity contribution in [3.63, 3.8) is 0 Å². The summed E-state index contributed by atoms with van der Waals surface area (Å²) in [5, 5.41) is 3.01. The van der Waals surface area contributed by atoms with Crippen LogP contribution in [0.3, 0.4) is 0 Å². The van der Waals surface area contributed by atoms with Gasteiger partial charge in [-0.05, 0) is 22.3 Å². The van der Waals surface area contributed by atoms with E-state index in [2.05, 4.69) is 5.32 Å². The highest BCUT2D eigenvalue weighted by molar-refractivity contribution is 6.73. The summed E-state index contributed by atoms with van der Waals surface area (Å²) in [6.45, 7) is 0. The number of benzene rings is 4. The molecule has 0 aliphatic rings. The molecule has 4 aromatic rings. The van der Waals surface area contributed by atoms with E-state index in [-0.39, 0.29) is 132 Å². The first kappa shape index (κ1) is 33.7. The van der Waals surface area contributed by atoms with Crippen molar-refractivity contribution >= 4 is 251 Å². The molecule has 0 amide bonds. The molecule has 1 nitrogen and oxygen atoms in total. The summed E-state index contributed by atoms with van der Waals surface area (Å²) in [6, 6.07) is 0. The van der Waals surface area contributed by atoms with E-state index in [1.165, 1.54) is 0 Å². The van der Waals surface area contributed by atoms with E-state index in [0.29, 0.717) is 0 Å². The van der Waals surface area contributed by atoms with Gasteiger partial charge in [0.1, 0.15) is 141 Å².